The third kappa shape index (κ3) is 3.73. The molecule has 1 aromatic heterocycles. The molecule has 8 heteroatoms. The van der Waals surface area contributed by atoms with Gasteiger partial charge >= 0.3 is 6.03 Å². The van der Waals surface area contributed by atoms with Crippen LogP contribution in [0, 0.1) is 5.82 Å². The lowest BCUT2D eigenvalue weighted by molar-refractivity contribution is 0.138. The van der Waals surface area contributed by atoms with Gasteiger partial charge in [0.1, 0.15) is 11.6 Å². The minimum atomic E-state index is -0.285. The van der Waals surface area contributed by atoms with Crippen LogP contribution in [0.1, 0.15) is 31.2 Å². The van der Waals surface area contributed by atoms with Gasteiger partial charge in [-0.25, -0.2) is 14.2 Å². The van der Waals surface area contributed by atoms with Gasteiger partial charge in [0.25, 0.3) is 5.19 Å². The number of carbonyl (C=O) groups excluding carboxylic acids is 1. The second-order valence-corrected chi connectivity index (χ2v) is 8.96. The average molecular weight is 427 g/mol. The number of fused-ring (bicyclic) bond motifs is 3. The van der Waals surface area contributed by atoms with E-state index in [0.717, 1.165) is 37.8 Å². The molecule has 0 aliphatic carbocycles. The highest BCUT2D eigenvalue weighted by Gasteiger charge is 2.42. The van der Waals surface area contributed by atoms with E-state index in [2.05, 4.69) is 10.3 Å². The van der Waals surface area contributed by atoms with E-state index in [1.54, 1.807) is 12.1 Å². The molecule has 2 aliphatic rings. The van der Waals surface area contributed by atoms with E-state index < -0.39 is 0 Å². The molecular formula is C22H23FN4O2S. The van der Waals surface area contributed by atoms with Crippen LogP contribution in [0.25, 0.3) is 10.2 Å². The standard InChI is InChI=1S/C22H23FN4O2S/c23-18-2-1-3-19-20(18)30-22(26-19)29-17-8-4-13(5-9-17)12-25-14-10-15-6-7-16(11-14)27(15)21(24)28/h1-5,8-9,14-16,25H,6-7,10-12H2,(H2,24,28)/t14-,15+,16-. The summed E-state index contributed by atoms with van der Waals surface area (Å²) in [5.74, 6) is 0.391. The first-order chi connectivity index (χ1) is 14.6. The van der Waals surface area contributed by atoms with Crippen molar-refractivity contribution < 1.29 is 13.9 Å². The molecule has 30 heavy (non-hydrogen) atoms. The Kier molecular flexibility index (Phi) is 5.04. The minimum absolute atomic E-state index is 0.271. The van der Waals surface area contributed by atoms with Crippen LogP contribution < -0.4 is 15.8 Å². The lowest BCUT2D eigenvalue weighted by Crippen LogP contribution is -2.53. The fourth-order valence-corrected chi connectivity index (χ4v) is 5.52. The summed E-state index contributed by atoms with van der Waals surface area (Å²) in [5.41, 5.74) is 7.29. The number of hydrogen-bond acceptors (Lipinski definition) is 5. The van der Waals surface area contributed by atoms with Gasteiger partial charge in [0.15, 0.2) is 0 Å². The molecule has 3 atom stereocenters. The quantitative estimate of drug-likeness (QED) is 0.634. The van der Waals surface area contributed by atoms with Crippen molar-refractivity contribution in [2.45, 2.75) is 50.4 Å². The highest BCUT2D eigenvalue weighted by molar-refractivity contribution is 7.20. The van der Waals surface area contributed by atoms with Gasteiger partial charge in [-0.1, -0.05) is 29.5 Å². The molecule has 2 aliphatic heterocycles. The van der Waals surface area contributed by atoms with Crippen molar-refractivity contribution in [2.24, 2.45) is 5.73 Å². The molecule has 2 aromatic carbocycles. The van der Waals surface area contributed by atoms with Crippen molar-refractivity contribution in [1.82, 2.24) is 15.2 Å². The van der Waals surface area contributed by atoms with Gasteiger partial charge in [0.2, 0.25) is 0 Å². The van der Waals surface area contributed by atoms with E-state index in [9.17, 15) is 9.18 Å². The molecule has 2 saturated heterocycles. The van der Waals surface area contributed by atoms with Crippen LogP contribution in [0.2, 0.25) is 0 Å². The van der Waals surface area contributed by atoms with Gasteiger partial charge < -0.3 is 20.7 Å². The average Bonchev–Trinajstić information content (AvgIpc) is 3.26. The third-order valence-corrected chi connectivity index (χ3v) is 7.02. The monoisotopic (exact) mass is 426 g/mol. The van der Waals surface area contributed by atoms with Crippen molar-refractivity contribution >= 4 is 27.6 Å². The Labute approximate surface area is 177 Å². The number of urea groups is 1. The van der Waals surface area contributed by atoms with E-state index in [-0.39, 0.29) is 23.9 Å². The van der Waals surface area contributed by atoms with Crippen LogP contribution >= 0.6 is 11.3 Å². The second kappa shape index (κ2) is 7.85. The van der Waals surface area contributed by atoms with Crippen molar-refractivity contribution in [3.63, 3.8) is 0 Å². The van der Waals surface area contributed by atoms with Crippen LogP contribution in [0.15, 0.2) is 42.5 Å². The van der Waals surface area contributed by atoms with Gasteiger partial charge in [-0.05, 0) is 55.5 Å². The molecule has 6 nitrogen and oxygen atoms in total. The third-order valence-electron chi connectivity index (χ3n) is 6.06. The van der Waals surface area contributed by atoms with Crippen LogP contribution in [0.5, 0.6) is 10.9 Å². The molecule has 2 bridgehead atoms. The zero-order valence-corrected chi connectivity index (χ0v) is 17.2. The van der Waals surface area contributed by atoms with Crippen molar-refractivity contribution in [3.05, 3.63) is 53.8 Å². The van der Waals surface area contributed by atoms with E-state index >= 15 is 0 Å². The number of benzene rings is 2. The summed E-state index contributed by atoms with van der Waals surface area (Å²) in [4.78, 5) is 17.8. The van der Waals surface area contributed by atoms with E-state index in [4.69, 9.17) is 10.5 Å². The molecule has 0 saturated carbocycles. The Hall–Kier alpha value is -2.71. The van der Waals surface area contributed by atoms with Gasteiger partial charge in [-0.2, -0.15) is 0 Å². The first-order valence-electron chi connectivity index (χ1n) is 10.2. The predicted octanol–water partition coefficient (Wildman–Crippen LogP) is 4.39. The number of hydrogen-bond donors (Lipinski definition) is 2. The van der Waals surface area contributed by atoms with Crippen LogP contribution in [0.4, 0.5) is 9.18 Å². The zero-order chi connectivity index (χ0) is 20.7. The molecule has 3 N–H and O–H groups in total. The summed E-state index contributed by atoms with van der Waals surface area (Å²) in [5, 5.41) is 4.05. The summed E-state index contributed by atoms with van der Waals surface area (Å²) in [6.45, 7) is 0.757. The number of amides is 2. The van der Waals surface area contributed by atoms with Crippen LogP contribution in [-0.4, -0.2) is 34.0 Å². The van der Waals surface area contributed by atoms with Gasteiger partial charge in [-0.15, -0.1) is 0 Å². The number of primary amides is 1. The van der Waals surface area contributed by atoms with Crippen molar-refractivity contribution in [2.75, 3.05) is 0 Å². The van der Waals surface area contributed by atoms with E-state index in [0.29, 0.717) is 27.2 Å². The summed E-state index contributed by atoms with van der Waals surface area (Å²) in [6, 6.07) is 13.3. The first kappa shape index (κ1) is 19.3. The topological polar surface area (TPSA) is 80.5 Å². The fourth-order valence-electron chi connectivity index (χ4n) is 4.68. The Morgan fingerprint density at radius 2 is 1.93 bits per heavy atom. The maximum absolute atomic E-state index is 13.8. The maximum Gasteiger partial charge on any atom is 0.315 e. The van der Waals surface area contributed by atoms with Crippen LogP contribution in [-0.2, 0) is 6.54 Å². The number of nitrogens with one attached hydrogen (secondary N) is 1. The highest BCUT2D eigenvalue weighted by atomic mass is 32.1. The Balaban J connectivity index is 1.18. The van der Waals surface area contributed by atoms with Crippen molar-refractivity contribution in [3.8, 4) is 10.9 Å². The van der Waals surface area contributed by atoms with E-state index in [1.807, 2.05) is 29.2 Å². The molecule has 0 radical (unpaired) electrons. The van der Waals surface area contributed by atoms with Crippen LogP contribution in [0.3, 0.4) is 0 Å². The summed E-state index contributed by atoms with van der Waals surface area (Å²) < 4.78 is 20.1. The molecule has 3 aromatic rings. The number of ether oxygens (including phenoxy) is 1. The zero-order valence-electron chi connectivity index (χ0n) is 16.4. The minimum Gasteiger partial charge on any atom is -0.431 e. The Bertz CT molecular complexity index is 1060. The lowest BCUT2D eigenvalue weighted by Gasteiger charge is -2.38. The number of nitrogens with zero attached hydrogens (tertiary/aromatic N) is 2. The van der Waals surface area contributed by atoms with Gasteiger partial charge in [0.05, 0.1) is 10.2 Å². The molecular weight excluding hydrogens is 403 g/mol. The van der Waals surface area contributed by atoms with Gasteiger partial charge in [-0.3, -0.25) is 0 Å². The maximum atomic E-state index is 13.8. The largest absolute Gasteiger partial charge is 0.431 e. The van der Waals surface area contributed by atoms with Crippen molar-refractivity contribution in [1.29, 1.82) is 0 Å². The number of carbonyl (C=O) groups is 1. The smallest absolute Gasteiger partial charge is 0.315 e. The lowest BCUT2D eigenvalue weighted by atomic mass is 9.97. The first-order valence-corrected chi connectivity index (χ1v) is 11.0. The summed E-state index contributed by atoms with van der Waals surface area (Å²) in [6.07, 6.45) is 4.00. The molecule has 2 amide bonds. The number of nitrogens with two attached hydrogens (primary N) is 1. The SMILES string of the molecule is NC(=O)N1[C@@H]2CC[C@H]1C[C@@H](NCc1ccc(Oc3nc4cccc(F)c4s3)cc1)C2. The second-order valence-electron chi connectivity index (χ2n) is 7.99. The fraction of sp³-hybridized carbons (Fsp3) is 0.364. The highest BCUT2D eigenvalue weighted by Crippen LogP contribution is 2.36. The van der Waals surface area contributed by atoms with E-state index in [1.165, 1.54) is 17.4 Å². The molecule has 2 fully saturated rings. The number of rotatable bonds is 5. The Morgan fingerprint density at radius 3 is 2.60 bits per heavy atom. The summed E-state index contributed by atoms with van der Waals surface area (Å²) in [7, 11) is 0. The predicted molar refractivity (Wildman–Crippen MR) is 114 cm³/mol. The molecule has 0 unspecified atom stereocenters. The number of thiazole rings is 1. The molecule has 156 valence electrons. The Morgan fingerprint density at radius 1 is 1.20 bits per heavy atom. The van der Waals surface area contributed by atoms with Gasteiger partial charge in [0, 0.05) is 24.7 Å². The molecule has 5 rings (SSSR count). The molecule has 3 heterocycles. The molecule has 0 spiro atoms. The number of aromatic nitrogens is 1. The number of halogens is 1. The normalized spacial score (nSPS) is 23.1. The number of piperidine rings is 1. The summed E-state index contributed by atoms with van der Waals surface area (Å²) >= 11 is 1.20.